The minimum atomic E-state index is -3.19. The molecule has 0 unspecified atom stereocenters. The Bertz CT molecular complexity index is 742. The molecule has 1 aliphatic carbocycles. The molecule has 0 bridgehead atoms. The summed E-state index contributed by atoms with van der Waals surface area (Å²) in [5, 5.41) is 2.41. The first-order chi connectivity index (χ1) is 10.4. The molecule has 1 saturated carbocycles. The summed E-state index contributed by atoms with van der Waals surface area (Å²) in [6.07, 6.45) is 2.52. The van der Waals surface area contributed by atoms with Crippen LogP contribution in [0, 0.1) is 12.8 Å². The van der Waals surface area contributed by atoms with Gasteiger partial charge >= 0.3 is 0 Å². The number of aryl methyl sites for hydroxylation is 1. The number of halogens is 3. The lowest BCUT2D eigenvalue weighted by atomic mass is 10.2. The van der Waals surface area contributed by atoms with Gasteiger partial charge in [-0.25, -0.2) is 28.7 Å². The molecule has 1 amide bonds. The van der Waals surface area contributed by atoms with Crippen LogP contribution in [0.4, 0.5) is 14.6 Å². The molecule has 1 fully saturated rings. The quantitative estimate of drug-likeness (QED) is 0.875. The number of aromatic nitrogens is 4. The molecular weight excluding hydrogens is 316 g/mol. The van der Waals surface area contributed by atoms with E-state index in [1.165, 1.54) is 12.3 Å². The Hall–Kier alpha value is -2.22. The number of nitrogens with zero attached hydrogens (tertiary/aromatic N) is 4. The summed E-state index contributed by atoms with van der Waals surface area (Å²) in [4.78, 5) is 27.2. The number of alkyl halides is 2. The Labute approximate surface area is 129 Å². The standard InChI is InChI=1S/C13H10ClF2N5O/c1-6-2-3-17-11(20-6)9-10(13(9,15)16)12(22)21-8-4-7(14)18-5-19-8/h2-5,9-10H,1H3,(H,18,19,21,22)/t9-,10-/m0/s1. The maximum atomic E-state index is 13.9. The van der Waals surface area contributed by atoms with Crippen molar-refractivity contribution in [1.82, 2.24) is 19.9 Å². The second-order valence-corrected chi connectivity index (χ2v) is 5.29. The van der Waals surface area contributed by atoms with Gasteiger partial charge < -0.3 is 5.32 Å². The van der Waals surface area contributed by atoms with Gasteiger partial charge in [0.05, 0.1) is 0 Å². The van der Waals surface area contributed by atoms with Gasteiger partial charge in [-0.1, -0.05) is 11.6 Å². The van der Waals surface area contributed by atoms with Crippen molar-refractivity contribution in [3.8, 4) is 0 Å². The van der Waals surface area contributed by atoms with Crippen molar-refractivity contribution >= 4 is 23.3 Å². The van der Waals surface area contributed by atoms with Crippen LogP contribution in [0.1, 0.15) is 17.4 Å². The molecule has 0 radical (unpaired) electrons. The van der Waals surface area contributed by atoms with Crippen LogP contribution in [0.15, 0.2) is 24.7 Å². The zero-order valence-electron chi connectivity index (χ0n) is 11.3. The molecule has 114 valence electrons. The van der Waals surface area contributed by atoms with Crippen LogP contribution in [0.3, 0.4) is 0 Å². The minimum Gasteiger partial charge on any atom is -0.310 e. The molecule has 0 aliphatic heterocycles. The Balaban J connectivity index is 1.78. The molecule has 1 aliphatic rings. The third kappa shape index (κ3) is 2.61. The van der Waals surface area contributed by atoms with E-state index in [1.54, 1.807) is 13.0 Å². The van der Waals surface area contributed by atoms with Crippen LogP contribution in [-0.4, -0.2) is 31.8 Å². The maximum absolute atomic E-state index is 13.9. The molecule has 2 aromatic heterocycles. The molecular formula is C13H10ClF2N5O. The van der Waals surface area contributed by atoms with Gasteiger partial charge in [-0.3, -0.25) is 4.79 Å². The smallest absolute Gasteiger partial charge is 0.271 e. The van der Waals surface area contributed by atoms with Gasteiger partial charge in [0, 0.05) is 18.0 Å². The highest BCUT2D eigenvalue weighted by molar-refractivity contribution is 6.29. The van der Waals surface area contributed by atoms with Gasteiger partial charge in [0.1, 0.15) is 35.0 Å². The summed E-state index contributed by atoms with van der Waals surface area (Å²) < 4.78 is 27.8. The van der Waals surface area contributed by atoms with E-state index in [0.29, 0.717) is 5.69 Å². The van der Waals surface area contributed by atoms with Crippen molar-refractivity contribution in [1.29, 1.82) is 0 Å². The first-order valence-electron chi connectivity index (χ1n) is 6.35. The summed E-state index contributed by atoms with van der Waals surface area (Å²) in [6.45, 7) is 1.67. The third-order valence-electron chi connectivity index (χ3n) is 3.31. The van der Waals surface area contributed by atoms with Crippen LogP contribution in [0.5, 0.6) is 0 Å². The lowest BCUT2D eigenvalue weighted by Gasteiger charge is -2.03. The first-order valence-corrected chi connectivity index (χ1v) is 6.73. The van der Waals surface area contributed by atoms with E-state index in [4.69, 9.17) is 11.6 Å². The molecule has 2 heterocycles. The van der Waals surface area contributed by atoms with Gasteiger partial charge in [-0.15, -0.1) is 0 Å². The largest absolute Gasteiger partial charge is 0.310 e. The van der Waals surface area contributed by atoms with E-state index in [1.807, 2.05) is 0 Å². The van der Waals surface area contributed by atoms with Crippen LogP contribution in [0.25, 0.3) is 0 Å². The molecule has 0 spiro atoms. The van der Waals surface area contributed by atoms with Crippen LogP contribution in [0.2, 0.25) is 5.15 Å². The predicted molar refractivity (Wildman–Crippen MR) is 73.6 cm³/mol. The van der Waals surface area contributed by atoms with Crippen molar-refractivity contribution in [3.05, 3.63) is 41.3 Å². The molecule has 22 heavy (non-hydrogen) atoms. The number of nitrogens with one attached hydrogen (secondary N) is 1. The fourth-order valence-corrected chi connectivity index (χ4v) is 2.35. The summed E-state index contributed by atoms with van der Waals surface area (Å²) in [6, 6.07) is 2.88. The summed E-state index contributed by atoms with van der Waals surface area (Å²) in [5.41, 5.74) is 0.564. The van der Waals surface area contributed by atoms with Crippen molar-refractivity contribution in [2.45, 2.75) is 18.8 Å². The highest BCUT2D eigenvalue weighted by atomic mass is 35.5. The van der Waals surface area contributed by atoms with Gasteiger partial charge in [0.25, 0.3) is 5.92 Å². The van der Waals surface area contributed by atoms with Gasteiger partial charge in [0.15, 0.2) is 0 Å². The van der Waals surface area contributed by atoms with Crippen LogP contribution >= 0.6 is 11.6 Å². The fourth-order valence-electron chi connectivity index (χ4n) is 2.20. The number of hydrogen-bond donors (Lipinski definition) is 1. The summed E-state index contributed by atoms with van der Waals surface area (Å²) in [7, 11) is 0. The monoisotopic (exact) mass is 325 g/mol. The Morgan fingerprint density at radius 3 is 2.82 bits per heavy atom. The topological polar surface area (TPSA) is 80.7 Å². The third-order valence-corrected chi connectivity index (χ3v) is 3.52. The minimum absolute atomic E-state index is 0.0362. The average Bonchev–Trinajstić information content (AvgIpc) is 3.01. The number of carbonyl (C=O) groups excluding carboxylic acids is 1. The van der Waals surface area contributed by atoms with Crippen molar-refractivity contribution in [2.75, 3.05) is 5.32 Å². The zero-order valence-corrected chi connectivity index (χ0v) is 12.1. The molecule has 6 nitrogen and oxygen atoms in total. The van der Waals surface area contributed by atoms with Crippen LogP contribution < -0.4 is 5.32 Å². The number of amides is 1. The van der Waals surface area contributed by atoms with Crippen molar-refractivity contribution in [3.63, 3.8) is 0 Å². The summed E-state index contributed by atoms with van der Waals surface area (Å²) >= 11 is 5.65. The average molecular weight is 326 g/mol. The van der Waals surface area contributed by atoms with Crippen molar-refractivity contribution in [2.24, 2.45) is 5.92 Å². The molecule has 2 aromatic rings. The fraction of sp³-hybridized carbons (Fsp3) is 0.308. The molecule has 2 atom stereocenters. The van der Waals surface area contributed by atoms with E-state index in [2.05, 4.69) is 25.3 Å². The maximum Gasteiger partial charge on any atom is 0.271 e. The number of rotatable bonds is 3. The SMILES string of the molecule is Cc1ccnc([C@@H]2[C@@H](C(=O)Nc3cc(Cl)ncn3)C2(F)F)n1. The predicted octanol–water partition coefficient (Wildman–Crippen LogP) is 2.22. The summed E-state index contributed by atoms with van der Waals surface area (Å²) in [5.74, 6) is -6.86. The lowest BCUT2D eigenvalue weighted by molar-refractivity contribution is -0.119. The van der Waals surface area contributed by atoms with E-state index in [-0.39, 0.29) is 16.8 Å². The zero-order chi connectivity index (χ0) is 15.9. The molecule has 0 saturated heterocycles. The van der Waals surface area contributed by atoms with Gasteiger partial charge in [-0.2, -0.15) is 0 Å². The van der Waals surface area contributed by atoms with Gasteiger partial charge in [-0.05, 0) is 13.0 Å². The van der Waals surface area contributed by atoms with Gasteiger partial charge in [0.2, 0.25) is 5.91 Å². The Morgan fingerprint density at radius 2 is 2.14 bits per heavy atom. The van der Waals surface area contributed by atoms with E-state index < -0.39 is 23.7 Å². The van der Waals surface area contributed by atoms with E-state index >= 15 is 0 Å². The number of carbonyl (C=O) groups is 1. The lowest BCUT2D eigenvalue weighted by Crippen LogP contribution is -2.18. The second-order valence-electron chi connectivity index (χ2n) is 4.90. The van der Waals surface area contributed by atoms with Crippen molar-refractivity contribution < 1.29 is 13.6 Å². The Kier molecular flexibility index (Phi) is 3.48. The molecule has 3 rings (SSSR count). The number of anilines is 1. The molecule has 0 aromatic carbocycles. The molecule has 1 N–H and O–H groups in total. The highest BCUT2D eigenvalue weighted by Crippen LogP contribution is 2.60. The second kappa shape index (κ2) is 5.20. The first kappa shape index (κ1) is 14.7. The molecule has 9 heteroatoms. The normalized spacial score (nSPS) is 22.2. The van der Waals surface area contributed by atoms with Crippen LogP contribution in [-0.2, 0) is 4.79 Å². The number of hydrogen-bond acceptors (Lipinski definition) is 5. The van der Waals surface area contributed by atoms with E-state index in [9.17, 15) is 13.6 Å². The van der Waals surface area contributed by atoms with E-state index in [0.717, 1.165) is 6.33 Å². The Morgan fingerprint density at radius 1 is 1.36 bits per heavy atom. The highest BCUT2D eigenvalue weighted by Gasteiger charge is 2.74.